The van der Waals surface area contributed by atoms with Crippen LogP contribution in [0.3, 0.4) is 0 Å². The average Bonchev–Trinajstić information content (AvgIpc) is 3.38. The SMILES string of the molecule is CC(C)(O)CN1CCC(N(CC2CC2)NC(=O)c2ccccc2)CC1. The molecule has 1 amide bonds. The van der Waals surface area contributed by atoms with Crippen molar-refractivity contribution in [2.75, 3.05) is 26.2 Å². The van der Waals surface area contributed by atoms with Crippen molar-refractivity contribution in [1.29, 1.82) is 0 Å². The van der Waals surface area contributed by atoms with Gasteiger partial charge in [-0.25, -0.2) is 5.01 Å². The highest BCUT2D eigenvalue weighted by Gasteiger charge is 2.32. The maximum Gasteiger partial charge on any atom is 0.265 e. The predicted octanol–water partition coefficient (Wildman–Crippen LogP) is 2.28. The number of hydrogen-bond donors (Lipinski definition) is 2. The van der Waals surface area contributed by atoms with Crippen molar-refractivity contribution in [3.05, 3.63) is 35.9 Å². The zero-order valence-corrected chi connectivity index (χ0v) is 15.4. The Labute approximate surface area is 151 Å². The molecule has 1 aliphatic heterocycles. The number of nitrogens with one attached hydrogen (secondary N) is 1. The molecule has 1 aliphatic carbocycles. The van der Waals surface area contributed by atoms with Crippen LogP contribution in [0.2, 0.25) is 0 Å². The van der Waals surface area contributed by atoms with Gasteiger partial charge in [-0.3, -0.25) is 10.2 Å². The normalized spacial score (nSPS) is 20.0. The van der Waals surface area contributed by atoms with Crippen molar-refractivity contribution in [3.8, 4) is 0 Å². The number of hydrazine groups is 1. The summed E-state index contributed by atoms with van der Waals surface area (Å²) in [5, 5.41) is 12.2. The van der Waals surface area contributed by atoms with E-state index in [-0.39, 0.29) is 5.91 Å². The van der Waals surface area contributed by atoms with Gasteiger partial charge in [-0.05, 0) is 70.7 Å². The lowest BCUT2D eigenvalue weighted by molar-refractivity contribution is 0.00888. The molecule has 3 rings (SSSR count). The smallest absolute Gasteiger partial charge is 0.265 e. The molecule has 0 aromatic heterocycles. The highest BCUT2D eigenvalue weighted by molar-refractivity contribution is 5.93. The quantitative estimate of drug-likeness (QED) is 0.745. The summed E-state index contributed by atoms with van der Waals surface area (Å²) >= 11 is 0. The molecule has 2 fully saturated rings. The number of carbonyl (C=O) groups is 1. The molecule has 2 N–H and O–H groups in total. The van der Waals surface area contributed by atoms with Crippen LogP contribution in [0.25, 0.3) is 0 Å². The van der Waals surface area contributed by atoms with Gasteiger partial charge in [-0.15, -0.1) is 0 Å². The molecule has 25 heavy (non-hydrogen) atoms. The standard InChI is InChI=1S/C20H31N3O2/c1-20(2,25)15-22-12-10-18(11-13-22)23(14-16-8-9-16)21-19(24)17-6-4-3-5-7-17/h3-7,16,18,25H,8-15H2,1-2H3,(H,21,24). The first kappa shape index (κ1) is 18.4. The monoisotopic (exact) mass is 345 g/mol. The number of aliphatic hydroxyl groups is 1. The van der Waals surface area contributed by atoms with Gasteiger partial charge >= 0.3 is 0 Å². The third-order valence-electron chi connectivity index (χ3n) is 5.04. The first-order valence-corrected chi connectivity index (χ1v) is 9.48. The van der Waals surface area contributed by atoms with Crippen molar-refractivity contribution in [2.24, 2.45) is 5.92 Å². The number of carbonyl (C=O) groups excluding carboxylic acids is 1. The van der Waals surface area contributed by atoms with Crippen LogP contribution in [0, 0.1) is 5.92 Å². The van der Waals surface area contributed by atoms with E-state index in [2.05, 4.69) is 15.3 Å². The van der Waals surface area contributed by atoms with Gasteiger partial charge in [0.05, 0.1) is 5.60 Å². The van der Waals surface area contributed by atoms with E-state index in [0.717, 1.165) is 38.4 Å². The summed E-state index contributed by atoms with van der Waals surface area (Å²) < 4.78 is 0. The number of rotatable bonds is 7. The minimum atomic E-state index is -0.651. The van der Waals surface area contributed by atoms with Crippen LogP contribution in [-0.4, -0.2) is 58.7 Å². The molecule has 1 saturated heterocycles. The van der Waals surface area contributed by atoms with Crippen LogP contribution >= 0.6 is 0 Å². The third-order valence-corrected chi connectivity index (χ3v) is 5.04. The van der Waals surface area contributed by atoms with Crippen molar-refractivity contribution in [3.63, 3.8) is 0 Å². The molecular weight excluding hydrogens is 314 g/mol. The Morgan fingerprint density at radius 1 is 1.20 bits per heavy atom. The van der Waals surface area contributed by atoms with Crippen LogP contribution in [0.15, 0.2) is 30.3 Å². The molecule has 1 heterocycles. The summed E-state index contributed by atoms with van der Waals surface area (Å²) in [6.07, 6.45) is 4.60. The number of piperidine rings is 1. The average molecular weight is 345 g/mol. The molecule has 1 aromatic carbocycles. The molecule has 2 aliphatic rings. The van der Waals surface area contributed by atoms with E-state index in [1.165, 1.54) is 12.8 Å². The van der Waals surface area contributed by atoms with Gasteiger partial charge in [0.25, 0.3) is 5.91 Å². The zero-order valence-electron chi connectivity index (χ0n) is 15.4. The summed E-state index contributed by atoms with van der Waals surface area (Å²) in [5.74, 6) is 0.714. The van der Waals surface area contributed by atoms with Gasteiger partial charge < -0.3 is 10.0 Å². The van der Waals surface area contributed by atoms with Gasteiger partial charge in [-0.1, -0.05) is 18.2 Å². The Hall–Kier alpha value is -1.43. The van der Waals surface area contributed by atoms with Crippen molar-refractivity contribution >= 4 is 5.91 Å². The summed E-state index contributed by atoms with van der Waals surface area (Å²) in [7, 11) is 0. The first-order chi connectivity index (χ1) is 11.9. The Morgan fingerprint density at radius 3 is 2.40 bits per heavy atom. The maximum atomic E-state index is 12.6. The highest BCUT2D eigenvalue weighted by Crippen LogP contribution is 2.31. The lowest BCUT2D eigenvalue weighted by atomic mass is 10.0. The van der Waals surface area contributed by atoms with Crippen LogP contribution in [0.1, 0.15) is 49.9 Å². The van der Waals surface area contributed by atoms with E-state index in [9.17, 15) is 9.90 Å². The lowest BCUT2D eigenvalue weighted by Crippen LogP contribution is -2.54. The Morgan fingerprint density at radius 2 is 1.84 bits per heavy atom. The van der Waals surface area contributed by atoms with Crippen molar-refractivity contribution in [1.82, 2.24) is 15.3 Å². The number of benzene rings is 1. The molecule has 1 saturated carbocycles. The molecule has 0 atom stereocenters. The summed E-state index contributed by atoms with van der Waals surface area (Å²) in [4.78, 5) is 14.9. The fraction of sp³-hybridized carbons (Fsp3) is 0.650. The van der Waals surface area contributed by atoms with Crippen molar-refractivity contribution in [2.45, 2.75) is 51.2 Å². The van der Waals surface area contributed by atoms with E-state index in [1.54, 1.807) is 0 Å². The molecular formula is C20H31N3O2. The van der Waals surface area contributed by atoms with Gasteiger partial charge in [0, 0.05) is 24.7 Å². The van der Waals surface area contributed by atoms with Crippen LogP contribution < -0.4 is 5.43 Å². The zero-order chi connectivity index (χ0) is 17.9. The second kappa shape index (κ2) is 7.85. The highest BCUT2D eigenvalue weighted by atomic mass is 16.3. The molecule has 0 radical (unpaired) electrons. The van der Waals surface area contributed by atoms with E-state index in [4.69, 9.17) is 0 Å². The fourth-order valence-corrected chi connectivity index (χ4v) is 3.59. The summed E-state index contributed by atoms with van der Waals surface area (Å²) in [6, 6.07) is 9.82. The van der Waals surface area contributed by atoms with E-state index in [1.807, 2.05) is 44.2 Å². The predicted molar refractivity (Wildman–Crippen MR) is 99.1 cm³/mol. The largest absolute Gasteiger partial charge is 0.389 e. The van der Waals surface area contributed by atoms with Gasteiger partial charge in [0.2, 0.25) is 0 Å². The number of hydrogen-bond acceptors (Lipinski definition) is 4. The Balaban J connectivity index is 1.57. The molecule has 5 heteroatoms. The van der Waals surface area contributed by atoms with Gasteiger partial charge in [0.1, 0.15) is 0 Å². The first-order valence-electron chi connectivity index (χ1n) is 9.48. The van der Waals surface area contributed by atoms with E-state index in [0.29, 0.717) is 18.2 Å². The summed E-state index contributed by atoms with van der Waals surface area (Å²) in [5.41, 5.74) is 3.22. The number of amides is 1. The minimum Gasteiger partial charge on any atom is -0.389 e. The van der Waals surface area contributed by atoms with E-state index >= 15 is 0 Å². The van der Waals surface area contributed by atoms with Gasteiger partial charge in [-0.2, -0.15) is 0 Å². The Kier molecular flexibility index (Phi) is 5.77. The molecule has 0 spiro atoms. The molecule has 138 valence electrons. The minimum absolute atomic E-state index is 0.0137. The summed E-state index contributed by atoms with van der Waals surface area (Å²) in [6.45, 7) is 7.32. The van der Waals surface area contributed by atoms with Crippen LogP contribution in [0.4, 0.5) is 0 Å². The lowest BCUT2D eigenvalue weighted by Gasteiger charge is -2.40. The van der Waals surface area contributed by atoms with Crippen molar-refractivity contribution < 1.29 is 9.90 Å². The van der Waals surface area contributed by atoms with Crippen LogP contribution in [-0.2, 0) is 0 Å². The second-order valence-electron chi connectivity index (χ2n) is 8.22. The number of likely N-dealkylation sites (tertiary alicyclic amines) is 1. The number of β-amino-alcohol motifs (C(OH)–C–C–N with tert-alkyl or cyclic N) is 1. The van der Waals surface area contributed by atoms with Crippen LogP contribution in [0.5, 0.6) is 0 Å². The molecule has 0 bridgehead atoms. The second-order valence-corrected chi connectivity index (χ2v) is 8.22. The van der Waals surface area contributed by atoms with Gasteiger partial charge in [0.15, 0.2) is 0 Å². The molecule has 5 nitrogen and oxygen atoms in total. The maximum absolute atomic E-state index is 12.6. The third kappa shape index (κ3) is 5.80. The number of nitrogens with zero attached hydrogens (tertiary/aromatic N) is 2. The topological polar surface area (TPSA) is 55.8 Å². The van der Waals surface area contributed by atoms with E-state index < -0.39 is 5.60 Å². The molecule has 1 aromatic rings. The molecule has 0 unspecified atom stereocenters. The fourth-order valence-electron chi connectivity index (χ4n) is 3.59. The Bertz CT molecular complexity index is 558.